The Morgan fingerprint density at radius 3 is 2.73 bits per heavy atom. The van der Waals surface area contributed by atoms with Gasteiger partial charge in [-0.1, -0.05) is 15.9 Å². The van der Waals surface area contributed by atoms with Crippen molar-refractivity contribution in [2.24, 2.45) is 0 Å². The van der Waals surface area contributed by atoms with E-state index in [0.29, 0.717) is 10.2 Å². The van der Waals surface area contributed by atoms with Gasteiger partial charge >= 0.3 is 6.43 Å². The molecular formula is C9H8BrF2NO2. The fraction of sp³-hybridized carbons (Fsp3) is 0.222. The summed E-state index contributed by atoms with van der Waals surface area (Å²) in [5.41, 5.74) is 0.206. The third-order valence-corrected chi connectivity index (χ3v) is 2.11. The van der Waals surface area contributed by atoms with Crippen molar-refractivity contribution < 1.29 is 18.3 Å². The maximum atomic E-state index is 12.0. The van der Waals surface area contributed by atoms with Crippen molar-refractivity contribution in [2.45, 2.75) is 6.43 Å². The van der Waals surface area contributed by atoms with Crippen molar-refractivity contribution in [1.29, 1.82) is 0 Å². The van der Waals surface area contributed by atoms with E-state index in [4.69, 9.17) is 4.74 Å². The quantitative estimate of drug-likeness (QED) is 0.924. The predicted octanol–water partition coefficient (Wildman–Crippen LogP) is 2.66. The fourth-order valence-corrected chi connectivity index (χ4v) is 1.33. The molecule has 1 N–H and O–H groups in total. The number of carbonyl (C=O) groups excluding carboxylic acids is 1. The molecule has 1 aromatic rings. The van der Waals surface area contributed by atoms with Crippen LogP contribution in [0.15, 0.2) is 22.7 Å². The van der Waals surface area contributed by atoms with Crippen LogP contribution in [0.3, 0.4) is 0 Å². The van der Waals surface area contributed by atoms with Crippen LogP contribution in [0.25, 0.3) is 0 Å². The monoisotopic (exact) mass is 279 g/mol. The van der Waals surface area contributed by atoms with Crippen LogP contribution in [-0.4, -0.2) is 19.4 Å². The van der Waals surface area contributed by atoms with E-state index >= 15 is 0 Å². The lowest BCUT2D eigenvalue weighted by molar-refractivity contribution is -0.126. The van der Waals surface area contributed by atoms with Gasteiger partial charge in [0.1, 0.15) is 5.75 Å². The number of nitrogens with one attached hydrogen (secondary N) is 1. The highest BCUT2D eigenvalue weighted by Gasteiger charge is 2.16. The first-order valence-corrected chi connectivity index (χ1v) is 4.76. The van der Waals surface area contributed by atoms with Crippen LogP contribution in [0.1, 0.15) is 0 Å². The van der Waals surface area contributed by atoms with Crippen molar-refractivity contribution in [1.82, 2.24) is 0 Å². The lowest BCUT2D eigenvalue weighted by Crippen LogP contribution is -2.20. The van der Waals surface area contributed by atoms with E-state index in [2.05, 4.69) is 21.2 Å². The number of anilines is 1. The van der Waals surface area contributed by atoms with Gasteiger partial charge in [0.05, 0.1) is 12.8 Å². The van der Waals surface area contributed by atoms with Crippen LogP contribution in [-0.2, 0) is 4.79 Å². The Balaban J connectivity index is 2.92. The molecule has 0 aliphatic rings. The van der Waals surface area contributed by atoms with E-state index in [9.17, 15) is 13.6 Å². The van der Waals surface area contributed by atoms with Gasteiger partial charge in [-0.15, -0.1) is 0 Å². The number of ether oxygens (including phenoxy) is 1. The Morgan fingerprint density at radius 1 is 1.53 bits per heavy atom. The molecule has 82 valence electrons. The molecule has 0 aromatic heterocycles. The second kappa shape index (κ2) is 5.06. The number of methoxy groups -OCH3 is 1. The Kier molecular flexibility index (Phi) is 4.02. The van der Waals surface area contributed by atoms with E-state index in [-0.39, 0.29) is 5.69 Å². The number of rotatable bonds is 3. The van der Waals surface area contributed by atoms with Crippen molar-refractivity contribution in [3.8, 4) is 5.75 Å². The van der Waals surface area contributed by atoms with Crippen molar-refractivity contribution in [3.05, 3.63) is 22.7 Å². The van der Waals surface area contributed by atoms with Gasteiger partial charge in [0.25, 0.3) is 5.91 Å². The normalized spacial score (nSPS) is 10.2. The Morgan fingerprint density at radius 2 is 2.20 bits per heavy atom. The maximum absolute atomic E-state index is 12.0. The zero-order valence-corrected chi connectivity index (χ0v) is 9.35. The van der Waals surface area contributed by atoms with Gasteiger partial charge in [-0.05, 0) is 18.2 Å². The largest absolute Gasteiger partial charge is 0.495 e. The molecule has 15 heavy (non-hydrogen) atoms. The summed E-state index contributed by atoms with van der Waals surface area (Å²) in [6.07, 6.45) is -3.05. The van der Waals surface area contributed by atoms with Gasteiger partial charge < -0.3 is 10.1 Å². The molecule has 0 unspecified atom stereocenters. The molecule has 0 atom stereocenters. The average molecular weight is 280 g/mol. The molecule has 6 heteroatoms. The summed E-state index contributed by atoms with van der Waals surface area (Å²) >= 11 is 3.16. The minimum Gasteiger partial charge on any atom is -0.495 e. The molecule has 0 spiro atoms. The first-order valence-electron chi connectivity index (χ1n) is 3.97. The summed E-state index contributed by atoms with van der Waals surface area (Å²) in [6, 6.07) is 4.72. The zero-order valence-electron chi connectivity index (χ0n) is 7.76. The molecule has 0 aliphatic heterocycles. The second-order valence-corrected chi connectivity index (χ2v) is 3.55. The maximum Gasteiger partial charge on any atom is 0.315 e. The third kappa shape index (κ3) is 3.16. The van der Waals surface area contributed by atoms with Crippen LogP contribution >= 0.6 is 15.9 Å². The molecule has 0 heterocycles. The second-order valence-electron chi connectivity index (χ2n) is 2.63. The minimum atomic E-state index is -3.05. The first kappa shape index (κ1) is 11.9. The SMILES string of the molecule is COc1ccc(Br)cc1NC(=O)C(F)F. The number of hydrogen-bond acceptors (Lipinski definition) is 2. The van der Waals surface area contributed by atoms with Gasteiger partial charge in [-0.25, -0.2) is 0 Å². The van der Waals surface area contributed by atoms with E-state index in [1.54, 1.807) is 12.1 Å². The van der Waals surface area contributed by atoms with E-state index in [0.717, 1.165) is 0 Å². The van der Waals surface area contributed by atoms with E-state index in [1.165, 1.54) is 13.2 Å². The molecule has 0 bridgehead atoms. The van der Waals surface area contributed by atoms with Crippen molar-refractivity contribution in [3.63, 3.8) is 0 Å². The Hall–Kier alpha value is -1.17. The number of hydrogen-bond donors (Lipinski definition) is 1. The van der Waals surface area contributed by atoms with Crippen LogP contribution in [0, 0.1) is 0 Å². The molecule has 1 aromatic carbocycles. The summed E-state index contributed by atoms with van der Waals surface area (Å²) in [5, 5.41) is 2.06. The van der Waals surface area contributed by atoms with Crippen LogP contribution in [0.5, 0.6) is 5.75 Å². The number of alkyl halides is 2. The first-order chi connectivity index (χ1) is 7.04. The molecule has 3 nitrogen and oxygen atoms in total. The number of benzene rings is 1. The predicted molar refractivity (Wildman–Crippen MR) is 55.3 cm³/mol. The summed E-state index contributed by atoms with van der Waals surface area (Å²) in [7, 11) is 1.39. The number of amides is 1. The van der Waals surface area contributed by atoms with Crippen LogP contribution < -0.4 is 10.1 Å². The fourth-order valence-electron chi connectivity index (χ4n) is 0.965. The van der Waals surface area contributed by atoms with Gasteiger partial charge in [0.15, 0.2) is 0 Å². The Labute approximate surface area is 93.5 Å². The van der Waals surface area contributed by atoms with E-state index in [1.807, 2.05) is 0 Å². The number of halogens is 3. The standard InChI is InChI=1S/C9H8BrF2NO2/c1-15-7-3-2-5(10)4-6(7)13-9(14)8(11)12/h2-4,8H,1H3,(H,13,14). The molecular weight excluding hydrogens is 272 g/mol. The summed E-state index contributed by atoms with van der Waals surface area (Å²) in [4.78, 5) is 10.8. The number of carbonyl (C=O) groups is 1. The van der Waals surface area contributed by atoms with Crippen molar-refractivity contribution in [2.75, 3.05) is 12.4 Å². The molecule has 1 amide bonds. The Bertz CT molecular complexity index is 371. The molecule has 0 radical (unpaired) electrons. The zero-order chi connectivity index (χ0) is 11.4. The van der Waals surface area contributed by atoms with Gasteiger partial charge in [0, 0.05) is 4.47 Å². The van der Waals surface area contributed by atoms with Crippen LogP contribution in [0.4, 0.5) is 14.5 Å². The molecule has 0 fully saturated rings. The minimum absolute atomic E-state index is 0.206. The average Bonchev–Trinajstić information content (AvgIpc) is 2.18. The van der Waals surface area contributed by atoms with Crippen molar-refractivity contribution >= 4 is 27.5 Å². The third-order valence-electron chi connectivity index (χ3n) is 1.62. The molecule has 0 saturated carbocycles. The summed E-state index contributed by atoms with van der Waals surface area (Å²) in [6.45, 7) is 0. The molecule has 0 aliphatic carbocycles. The molecule has 1 rings (SSSR count). The smallest absolute Gasteiger partial charge is 0.315 e. The summed E-state index contributed by atoms with van der Waals surface area (Å²) < 4.78 is 29.5. The summed E-state index contributed by atoms with van der Waals surface area (Å²) in [5.74, 6) is -1.03. The highest BCUT2D eigenvalue weighted by atomic mass is 79.9. The van der Waals surface area contributed by atoms with Gasteiger partial charge in [0.2, 0.25) is 0 Å². The van der Waals surface area contributed by atoms with Crippen LogP contribution in [0.2, 0.25) is 0 Å². The highest BCUT2D eigenvalue weighted by Crippen LogP contribution is 2.28. The molecule has 0 saturated heterocycles. The van der Waals surface area contributed by atoms with E-state index < -0.39 is 12.3 Å². The van der Waals surface area contributed by atoms with Gasteiger partial charge in [-0.2, -0.15) is 8.78 Å². The topological polar surface area (TPSA) is 38.3 Å². The highest BCUT2D eigenvalue weighted by molar-refractivity contribution is 9.10. The van der Waals surface area contributed by atoms with Gasteiger partial charge in [-0.3, -0.25) is 4.79 Å². The lowest BCUT2D eigenvalue weighted by Gasteiger charge is -2.09. The lowest BCUT2D eigenvalue weighted by atomic mass is 10.3.